The van der Waals surface area contributed by atoms with Crippen molar-refractivity contribution in [2.45, 2.75) is 30.9 Å². The predicted molar refractivity (Wildman–Crippen MR) is 47.1 cm³/mol. The van der Waals surface area contributed by atoms with Gasteiger partial charge in [-0.1, -0.05) is 0 Å². The first-order valence-electron chi connectivity index (χ1n) is 4.79. The Balaban J connectivity index is 2.09. The summed E-state index contributed by atoms with van der Waals surface area (Å²) in [6.45, 7) is 0.648. The molecule has 1 aromatic heterocycles. The number of aromatic nitrogens is 2. The van der Waals surface area contributed by atoms with Crippen LogP contribution in [0.5, 0.6) is 0 Å². The standard InChI is InChI=1S/C9H13N3O/c13-6-4-12-9(2-1-3-9)8-7(6)10-5-11-8/h5-6,12-13H,1-4H2,(H,10,11). The second-order valence-electron chi connectivity index (χ2n) is 4.00. The summed E-state index contributed by atoms with van der Waals surface area (Å²) in [7, 11) is 0. The summed E-state index contributed by atoms with van der Waals surface area (Å²) in [5.74, 6) is 0. The van der Waals surface area contributed by atoms with E-state index in [1.54, 1.807) is 6.33 Å². The maximum absolute atomic E-state index is 9.67. The molecule has 0 amide bonds. The second-order valence-corrected chi connectivity index (χ2v) is 4.00. The molecule has 0 bridgehead atoms. The summed E-state index contributed by atoms with van der Waals surface area (Å²) in [5, 5.41) is 13.1. The average Bonchev–Trinajstić information content (AvgIpc) is 2.51. The van der Waals surface area contributed by atoms with E-state index in [-0.39, 0.29) is 5.54 Å². The van der Waals surface area contributed by atoms with Crippen LogP contribution in [0.15, 0.2) is 6.33 Å². The minimum atomic E-state index is -0.413. The molecule has 1 aromatic rings. The molecule has 0 radical (unpaired) electrons. The summed E-state index contributed by atoms with van der Waals surface area (Å²) >= 11 is 0. The number of aliphatic hydroxyl groups is 1. The third-order valence-electron chi connectivity index (χ3n) is 3.30. The zero-order valence-corrected chi connectivity index (χ0v) is 7.38. The molecule has 1 unspecified atom stereocenters. The number of nitrogens with one attached hydrogen (secondary N) is 2. The van der Waals surface area contributed by atoms with Gasteiger partial charge >= 0.3 is 0 Å². The lowest BCUT2D eigenvalue weighted by molar-refractivity contribution is 0.0901. The van der Waals surface area contributed by atoms with E-state index in [0.29, 0.717) is 6.54 Å². The maximum atomic E-state index is 9.67. The number of H-pyrrole nitrogens is 1. The molecule has 0 saturated heterocycles. The van der Waals surface area contributed by atoms with Crippen LogP contribution in [-0.4, -0.2) is 21.6 Å². The Morgan fingerprint density at radius 3 is 3.08 bits per heavy atom. The van der Waals surface area contributed by atoms with E-state index in [0.717, 1.165) is 24.2 Å². The van der Waals surface area contributed by atoms with Crippen molar-refractivity contribution >= 4 is 0 Å². The number of β-amino-alcohol motifs (C(OH)–C–C–N with tert-alkyl or cyclic N) is 1. The van der Waals surface area contributed by atoms with Gasteiger partial charge in [0.2, 0.25) is 0 Å². The van der Waals surface area contributed by atoms with Gasteiger partial charge in [-0.2, -0.15) is 0 Å². The van der Waals surface area contributed by atoms with Gasteiger partial charge in [0.15, 0.2) is 0 Å². The molecule has 1 saturated carbocycles. The van der Waals surface area contributed by atoms with Crippen LogP contribution < -0.4 is 5.32 Å². The lowest BCUT2D eigenvalue weighted by atomic mass is 9.71. The molecule has 4 heteroatoms. The van der Waals surface area contributed by atoms with Crippen molar-refractivity contribution in [1.29, 1.82) is 0 Å². The molecule has 70 valence electrons. The number of aliphatic hydroxyl groups excluding tert-OH is 1. The van der Waals surface area contributed by atoms with E-state index in [1.165, 1.54) is 6.42 Å². The molecule has 3 rings (SSSR count). The third-order valence-corrected chi connectivity index (χ3v) is 3.30. The van der Waals surface area contributed by atoms with Crippen molar-refractivity contribution in [3.05, 3.63) is 17.7 Å². The van der Waals surface area contributed by atoms with Crippen molar-refractivity contribution in [1.82, 2.24) is 15.3 Å². The van der Waals surface area contributed by atoms with Crippen LogP contribution in [0.3, 0.4) is 0 Å². The summed E-state index contributed by atoms with van der Waals surface area (Å²) in [6, 6.07) is 0. The van der Waals surface area contributed by atoms with Gasteiger partial charge in [0.1, 0.15) is 6.10 Å². The van der Waals surface area contributed by atoms with Crippen LogP contribution >= 0.6 is 0 Å². The van der Waals surface area contributed by atoms with Gasteiger partial charge in [0.25, 0.3) is 0 Å². The highest BCUT2D eigenvalue weighted by Crippen LogP contribution is 2.44. The van der Waals surface area contributed by atoms with Gasteiger partial charge in [0, 0.05) is 6.54 Å². The SMILES string of the molecule is OC1CNC2(CCC2)c2nc[nH]c21. The van der Waals surface area contributed by atoms with Crippen molar-refractivity contribution in [2.75, 3.05) is 6.54 Å². The lowest BCUT2D eigenvalue weighted by Gasteiger charge is -2.45. The van der Waals surface area contributed by atoms with Gasteiger partial charge in [-0.25, -0.2) is 4.98 Å². The fourth-order valence-electron chi connectivity index (χ4n) is 2.36. The van der Waals surface area contributed by atoms with Gasteiger partial charge in [-0.05, 0) is 19.3 Å². The molecule has 2 aliphatic rings. The lowest BCUT2D eigenvalue weighted by Crippen LogP contribution is -2.53. The van der Waals surface area contributed by atoms with E-state index in [2.05, 4.69) is 15.3 Å². The first-order valence-corrected chi connectivity index (χ1v) is 4.79. The van der Waals surface area contributed by atoms with Gasteiger partial charge in [-0.3, -0.25) is 0 Å². The van der Waals surface area contributed by atoms with E-state index in [4.69, 9.17) is 0 Å². The molecule has 1 spiro atoms. The molecule has 1 aliphatic heterocycles. The quantitative estimate of drug-likeness (QED) is 0.541. The highest BCUT2D eigenvalue weighted by Gasteiger charge is 2.45. The minimum Gasteiger partial charge on any atom is -0.385 e. The van der Waals surface area contributed by atoms with Crippen molar-refractivity contribution in [3.8, 4) is 0 Å². The number of hydrogen-bond donors (Lipinski definition) is 3. The molecule has 0 aromatic carbocycles. The first-order chi connectivity index (χ1) is 6.32. The third kappa shape index (κ3) is 0.845. The van der Waals surface area contributed by atoms with Crippen molar-refractivity contribution in [2.24, 2.45) is 0 Å². The van der Waals surface area contributed by atoms with Crippen LogP contribution in [0.4, 0.5) is 0 Å². The average molecular weight is 179 g/mol. The molecular formula is C9H13N3O. The number of imidazole rings is 1. The van der Waals surface area contributed by atoms with E-state index >= 15 is 0 Å². The van der Waals surface area contributed by atoms with Crippen molar-refractivity contribution in [3.63, 3.8) is 0 Å². The van der Waals surface area contributed by atoms with Gasteiger partial charge in [-0.15, -0.1) is 0 Å². The Labute approximate surface area is 76.4 Å². The molecule has 13 heavy (non-hydrogen) atoms. The topological polar surface area (TPSA) is 60.9 Å². The molecular weight excluding hydrogens is 166 g/mol. The number of nitrogens with zero attached hydrogens (tertiary/aromatic N) is 1. The van der Waals surface area contributed by atoms with E-state index < -0.39 is 6.10 Å². The summed E-state index contributed by atoms with van der Waals surface area (Å²) < 4.78 is 0. The molecule has 1 atom stereocenters. The predicted octanol–water partition coefficient (Wildman–Crippen LogP) is 0.426. The Morgan fingerprint density at radius 1 is 1.54 bits per heavy atom. The fraction of sp³-hybridized carbons (Fsp3) is 0.667. The zero-order chi connectivity index (χ0) is 8.89. The fourth-order valence-corrected chi connectivity index (χ4v) is 2.36. The van der Waals surface area contributed by atoms with Gasteiger partial charge < -0.3 is 15.4 Å². The number of hydrogen-bond acceptors (Lipinski definition) is 3. The van der Waals surface area contributed by atoms with Gasteiger partial charge in [0.05, 0.1) is 23.3 Å². The smallest absolute Gasteiger partial charge is 0.108 e. The Kier molecular flexibility index (Phi) is 1.35. The Morgan fingerprint density at radius 2 is 2.38 bits per heavy atom. The number of fused-ring (bicyclic) bond motifs is 2. The van der Waals surface area contributed by atoms with Crippen molar-refractivity contribution < 1.29 is 5.11 Å². The highest BCUT2D eigenvalue weighted by atomic mass is 16.3. The molecule has 1 fully saturated rings. The zero-order valence-electron chi connectivity index (χ0n) is 7.38. The first kappa shape index (κ1) is 7.53. The molecule has 1 aliphatic carbocycles. The highest BCUT2D eigenvalue weighted by molar-refractivity contribution is 5.29. The normalized spacial score (nSPS) is 29.8. The maximum Gasteiger partial charge on any atom is 0.108 e. The molecule has 3 N–H and O–H groups in total. The number of rotatable bonds is 0. The van der Waals surface area contributed by atoms with Crippen LogP contribution in [-0.2, 0) is 5.54 Å². The summed E-state index contributed by atoms with van der Waals surface area (Å²) in [5.41, 5.74) is 2.05. The van der Waals surface area contributed by atoms with E-state index in [1.807, 2.05) is 0 Å². The monoisotopic (exact) mass is 179 g/mol. The van der Waals surface area contributed by atoms with E-state index in [9.17, 15) is 5.11 Å². The second kappa shape index (κ2) is 2.33. The number of aromatic amines is 1. The summed E-state index contributed by atoms with van der Waals surface area (Å²) in [6.07, 6.45) is 4.83. The van der Waals surface area contributed by atoms with Crippen LogP contribution in [0.2, 0.25) is 0 Å². The Hall–Kier alpha value is -0.870. The van der Waals surface area contributed by atoms with Crippen LogP contribution in [0.25, 0.3) is 0 Å². The largest absolute Gasteiger partial charge is 0.385 e. The summed E-state index contributed by atoms with van der Waals surface area (Å²) in [4.78, 5) is 7.33. The molecule has 2 heterocycles. The van der Waals surface area contributed by atoms with Crippen LogP contribution in [0.1, 0.15) is 36.8 Å². The Bertz CT molecular complexity index is 329. The minimum absolute atomic E-state index is 0.0918. The van der Waals surface area contributed by atoms with Crippen LogP contribution in [0, 0.1) is 0 Å². The molecule has 4 nitrogen and oxygen atoms in total.